The van der Waals surface area contributed by atoms with Gasteiger partial charge in [-0.1, -0.05) is 29.3 Å². The average molecular weight is 282 g/mol. The van der Waals surface area contributed by atoms with Crippen LogP contribution in [0.2, 0.25) is 10.0 Å². The zero-order valence-electron chi connectivity index (χ0n) is 9.98. The van der Waals surface area contributed by atoms with E-state index in [1.165, 1.54) is 0 Å². The van der Waals surface area contributed by atoms with Gasteiger partial charge in [0.2, 0.25) is 0 Å². The molecule has 0 aliphatic heterocycles. The Hall–Kier alpha value is -1.16. The van der Waals surface area contributed by atoms with E-state index in [1.54, 1.807) is 12.3 Å². The van der Waals surface area contributed by atoms with Crippen molar-refractivity contribution in [1.82, 2.24) is 15.1 Å². The molecule has 5 heteroatoms. The highest BCUT2D eigenvalue weighted by Crippen LogP contribution is 2.22. The first kappa shape index (κ1) is 13.3. The number of halogens is 2. The van der Waals surface area contributed by atoms with Crippen LogP contribution >= 0.6 is 23.2 Å². The Balaban J connectivity index is 2.01. The lowest BCUT2D eigenvalue weighted by atomic mass is 10.2. The molecule has 18 heavy (non-hydrogen) atoms. The molecule has 3 nitrogen and oxygen atoms in total. The highest BCUT2D eigenvalue weighted by molar-refractivity contribution is 6.35. The first-order valence-corrected chi connectivity index (χ1v) is 6.30. The topological polar surface area (TPSA) is 29.0 Å². The van der Waals surface area contributed by atoms with Crippen LogP contribution < -0.4 is 0 Å². The van der Waals surface area contributed by atoms with E-state index in [1.807, 2.05) is 31.3 Å². The number of rotatable bonds is 4. The molecule has 0 radical (unpaired) electrons. The molecule has 1 aromatic heterocycles. The Bertz CT molecular complexity index is 517. The molecule has 1 aromatic carbocycles. The Kier molecular flexibility index (Phi) is 4.53. The molecule has 0 unspecified atom stereocenters. The van der Waals surface area contributed by atoms with Gasteiger partial charge in [0.05, 0.1) is 5.69 Å². The molecule has 0 aliphatic rings. The minimum absolute atomic E-state index is 0.653. The van der Waals surface area contributed by atoms with Crippen molar-refractivity contribution in [2.24, 2.45) is 0 Å². The van der Waals surface area contributed by atoms with Crippen molar-refractivity contribution >= 4 is 23.2 Å². The summed E-state index contributed by atoms with van der Waals surface area (Å²) in [7, 11) is 2.01. The second-order valence-electron chi connectivity index (χ2n) is 4.12. The van der Waals surface area contributed by atoms with Gasteiger partial charge in [-0.25, -0.2) is 0 Å². The molecule has 0 saturated carbocycles. The summed E-state index contributed by atoms with van der Waals surface area (Å²) in [4.78, 5) is 2.12. The van der Waals surface area contributed by atoms with Crippen molar-refractivity contribution in [3.63, 3.8) is 0 Å². The molecule has 0 spiro atoms. The van der Waals surface area contributed by atoms with E-state index >= 15 is 0 Å². The summed E-state index contributed by atoms with van der Waals surface area (Å²) >= 11 is 12.0. The fourth-order valence-electron chi connectivity index (χ4n) is 1.69. The van der Waals surface area contributed by atoms with Gasteiger partial charge in [-0.15, -0.1) is 0 Å². The minimum Gasteiger partial charge on any atom is -0.296 e. The fourth-order valence-corrected chi connectivity index (χ4v) is 2.16. The summed E-state index contributed by atoms with van der Waals surface area (Å²) in [5.74, 6) is 0. The van der Waals surface area contributed by atoms with Crippen LogP contribution in [-0.2, 0) is 13.1 Å². The quantitative estimate of drug-likeness (QED) is 0.860. The predicted molar refractivity (Wildman–Crippen MR) is 73.7 cm³/mol. The van der Waals surface area contributed by atoms with Gasteiger partial charge in [0.15, 0.2) is 0 Å². The van der Waals surface area contributed by atoms with E-state index in [-0.39, 0.29) is 0 Å². The van der Waals surface area contributed by atoms with Gasteiger partial charge in [-0.05, 0) is 36.9 Å². The molecule has 2 aromatic rings. The number of hydrogen-bond donors (Lipinski definition) is 0. The Morgan fingerprint density at radius 2 is 2.00 bits per heavy atom. The van der Waals surface area contributed by atoms with Crippen LogP contribution in [0.1, 0.15) is 11.3 Å². The van der Waals surface area contributed by atoms with Crippen LogP contribution in [0.15, 0.2) is 36.5 Å². The zero-order chi connectivity index (χ0) is 13.0. The molecular formula is C13H13Cl2N3. The lowest BCUT2D eigenvalue weighted by molar-refractivity contribution is 0.314. The highest BCUT2D eigenvalue weighted by atomic mass is 35.5. The van der Waals surface area contributed by atoms with Crippen LogP contribution in [0.4, 0.5) is 0 Å². The van der Waals surface area contributed by atoms with Crippen molar-refractivity contribution in [3.8, 4) is 0 Å². The van der Waals surface area contributed by atoms with E-state index in [4.69, 9.17) is 23.2 Å². The minimum atomic E-state index is 0.653. The van der Waals surface area contributed by atoms with Gasteiger partial charge in [0, 0.05) is 29.3 Å². The van der Waals surface area contributed by atoms with Crippen LogP contribution in [0.5, 0.6) is 0 Å². The summed E-state index contributed by atoms with van der Waals surface area (Å²) in [6.45, 7) is 1.47. The van der Waals surface area contributed by atoms with E-state index in [0.29, 0.717) is 10.0 Å². The Morgan fingerprint density at radius 3 is 2.67 bits per heavy atom. The van der Waals surface area contributed by atoms with Crippen LogP contribution in [0.3, 0.4) is 0 Å². The third-order valence-electron chi connectivity index (χ3n) is 2.51. The van der Waals surface area contributed by atoms with Gasteiger partial charge in [-0.2, -0.15) is 10.2 Å². The number of benzene rings is 1. The Morgan fingerprint density at radius 1 is 1.17 bits per heavy atom. The first-order valence-electron chi connectivity index (χ1n) is 5.54. The molecule has 94 valence electrons. The van der Waals surface area contributed by atoms with Crippen LogP contribution in [0.25, 0.3) is 0 Å². The molecule has 0 atom stereocenters. The van der Waals surface area contributed by atoms with E-state index in [0.717, 1.165) is 24.3 Å². The summed E-state index contributed by atoms with van der Waals surface area (Å²) in [5, 5.41) is 9.25. The average Bonchev–Trinajstić information content (AvgIpc) is 2.34. The maximum atomic E-state index is 6.14. The fraction of sp³-hybridized carbons (Fsp3) is 0.231. The monoisotopic (exact) mass is 281 g/mol. The van der Waals surface area contributed by atoms with E-state index in [9.17, 15) is 0 Å². The van der Waals surface area contributed by atoms with E-state index in [2.05, 4.69) is 15.1 Å². The van der Waals surface area contributed by atoms with Gasteiger partial charge < -0.3 is 0 Å². The van der Waals surface area contributed by atoms with Crippen LogP contribution in [0, 0.1) is 0 Å². The number of hydrogen-bond acceptors (Lipinski definition) is 3. The van der Waals surface area contributed by atoms with Gasteiger partial charge >= 0.3 is 0 Å². The third kappa shape index (κ3) is 3.67. The SMILES string of the molecule is CN(Cc1cccnn1)Cc1ccc(Cl)cc1Cl. The molecule has 0 saturated heterocycles. The number of nitrogens with zero attached hydrogens (tertiary/aromatic N) is 3. The normalized spacial score (nSPS) is 10.9. The summed E-state index contributed by atoms with van der Waals surface area (Å²) < 4.78 is 0. The predicted octanol–water partition coefficient (Wildman–Crippen LogP) is 3.42. The third-order valence-corrected chi connectivity index (χ3v) is 3.10. The molecule has 2 rings (SSSR count). The largest absolute Gasteiger partial charge is 0.296 e. The van der Waals surface area contributed by atoms with Crippen molar-refractivity contribution in [2.45, 2.75) is 13.1 Å². The lowest BCUT2D eigenvalue weighted by Gasteiger charge is -2.16. The highest BCUT2D eigenvalue weighted by Gasteiger charge is 2.06. The molecule has 0 bridgehead atoms. The standard InChI is InChI=1S/C13H13Cl2N3/c1-18(9-12-3-2-6-16-17-12)8-10-4-5-11(14)7-13(10)15/h2-7H,8-9H2,1H3. The summed E-state index contributed by atoms with van der Waals surface area (Å²) in [6, 6.07) is 9.38. The van der Waals surface area contributed by atoms with Crippen molar-refractivity contribution in [3.05, 3.63) is 57.8 Å². The molecular weight excluding hydrogens is 269 g/mol. The van der Waals surface area contributed by atoms with Crippen molar-refractivity contribution < 1.29 is 0 Å². The smallest absolute Gasteiger partial charge is 0.0771 e. The van der Waals surface area contributed by atoms with Crippen molar-refractivity contribution in [1.29, 1.82) is 0 Å². The number of aromatic nitrogens is 2. The molecule has 0 amide bonds. The Labute approximate surface area is 116 Å². The lowest BCUT2D eigenvalue weighted by Crippen LogP contribution is -2.18. The molecule has 0 aliphatic carbocycles. The zero-order valence-corrected chi connectivity index (χ0v) is 11.5. The second kappa shape index (κ2) is 6.14. The first-order chi connectivity index (χ1) is 8.65. The second-order valence-corrected chi connectivity index (χ2v) is 4.97. The van der Waals surface area contributed by atoms with Crippen LogP contribution in [-0.4, -0.2) is 22.1 Å². The maximum absolute atomic E-state index is 6.14. The summed E-state index contributed by atoms with van der Waals surface area (Å²) in [6.07, 6.45) is 1.67. The molecule has 0 fully saturated rings. The summed E-state index contributed by atoms with van der Waals surface area (Å²) in [5.41, 5.74) is 1.98. The molecule has 1 heterocycles. The van der Waals surface area contributed by atoms with Gasteiger partial charge in [-0.3, -0.25) is 4.90 Å². The maximum Gasteiger partial charge on any atom is 0.0771 e. The van der Waals surface area contributed by atoms with E-state index < -0.39 is 0 Å². The van der Waals surface area contributed by atoms with Gasteiger partial charge in [0.25, 0.3) is 0 Å². The van der Waals surface area contributed by atoms with Crippen molar-refractivity contribution in [2.75, 3.05) is 7.05 Å². The molecule has 0 N–H and O–H groups in total. The van der Waals surface area contributed by atoms with Gasteiger partial charge in [0.1, 0.15) is 0 Å².